The van der Waals surface area contributed by atoms with Crippen LogP contribution in [0.2, 0.25) is 0 Å². The first-order chi connectivity index (χ1) is 5.55. The largest absolute Gasteiger partial charge is 0.327 e. The number of amides is 1. The Morgan fingerprint density at radius 1 is 1.58 bits per heavy atom. The van der Waals surface area contributed by atoms with E-state index in [0.717, 1.165) is 5.75 Å². The van der Waals surface area contributed by atoms with E-state index in [2.05, 4.69) is 0 Å². The minimum Gasteiger partial charge on any atom is -0.327 e. The summed E-state index contributed by atoms with van der Waals surface area (Å²) in [6.07, 6.45) is 1.78. The van der Waals surface area contributed by atoms with Crippen molar-refractivity contribution < 1.29 is 13.2 Å². The van der Waals surface area contributed by atoms with Crippen molar-refractivity contribution in [1.29, 1.82) is 0 Å². The van der Waals surface area contributed by atoms with E-state index in [4.69, 9.17) is 0 Å². The molecule has 1 unspecified atom stereocenters. The van der Waals surface area contributed by atoms with Gasteiger partial charge in [-0.1, -0.05) is 0 Å². The third kappa shape index (κ3) is 2.13. The molecule has 1 atom stereocenters. The lowest BCUT2D eigenvalue weighted by molar-refractivity contribution is -0.118. The zero-order valence-corrected chi connectivity index (χ0v) is 8.40. The Kier molecular flexibility index (Phi) is 3.00. The van der Waals surface area contributed by atoms with Crippen LogP contribution in [0.3, 0.4) is 0 Å². The van der Waals surface area contributed by atoms with Crippen molar-refractivity contribution in [2.24, 2.45) is 0 Å². The number of nitrogens with zero attached hydrogens (tertiary/aromatic N) is 1. The Morgan fingerprint density at radius 3 is 2.67 bits per heavy atom. The number of thioether (sulfide) groups is 1. The summed E-state index contributed by atoms with van der Waals surface area (Å²) >= 11 is 1.57. The molecule has 1 amide bonds. The summed E-state index contributed by atoms with van der Waals surface area (Å²) in [6.45, 7) is 0.534. The molecule has 1 rings (SSSR count). The summed E-state index contributed by atoms with van der Waals surface area (Å²) in [5.41, 5.74) is 0. The maximum atomic E-state index is 11.1. The fourth-order valence-electron chi connectivity index (χ4n) is 1.08. The summed E-state index contributed by atoms with van der Waals surface area (Å²) in [6, 6.07) is 0. The fraction of sp³-hybridized carbons (Fsp3) is 0.833. The van der Waals surface area contributed by atoms with Gasteiger partial charge in [0.15, 0.2) is 9.84 Å². The van der Waals surface area contributed by atoms with Crippen LogP contribution in [0.15, 0.2) is 0 Å². The average Bonchev–Trinajstić information content (AvgIpc) is 2.03. The predicted octanol–water partition coefficient (Wildman–Crippen LogP) is -0.438. The van der Waals surface area contributed by atoms with Crippen molar-refractivity contribution in [2.45, 2.75) is 5.37 Å². The zero-order chi connectivity index (χ0) is 9.19. The highest BCUT2D eigenvalue weighted by Crippen LogP contribution is 2.18. The van der Waals surface area contributed by atoms with Crippen LogP contribution in [0.25, 0.3) is 0 Å². The number of rotatable bonds is 2. The number of carbonyl (C=O) groups excluding carboxylic acids is 1. The Labute approximate surface area is 76.2 Å². The number of carbonyl (C=O) groups is 1. The first-order valence-electron chi connectivity index (χ1n) is 3.53. The van der Waals surface area contributed by atoms with E-state index in [9.17, 15) is 13.2 Å². The van der Waals surface area contributed by atoms with Gasteiger partial charge in [-0.25, -0.2) is 8.42 Å². The number of hydrogen-bond donors (Lipinski definition) is 0. The highest BCUT2D eigenvalue weighted by molar-refractivity contribution is 8.00. The van der Waals surface area contributed by atoms with Crippen LogP contribution < -0.4 is 0 Å². The molecule has 4 nitrogen and oxygen atoms in total. The summed E-state index contributed by atoms with van der Waals surface area (Å²) in [5, 5.41) is -0.617. The van der Waals surface area contributed by atoms with Crippen LogP contribution in [0.5, 0.6) is 0 Å². The van der Waals surface area contributed by atoms with Crippen LogP contribution in [0.1, 0.15) is 0 Å². The second-order valence-corrected chi connectivity index (χ2v) is 6.06. The Hall–Kier alpha value is -0.230. The average molecular weight is 209 g/mol. The molecule has 1 aliphatic rings. The summed E-state index contributed by atoms with van der Waals surface area (Å²) < 4.78 is 22.3. The van der Waals surface area contributed by atoms with E-state index in [-0.39, 0.29) is 0 Å². The van der Waals surface area contributed by atoms with E-state index in [0.29, 0.717) is 18.7 Å². The lowest BCUT2D eigenvalue weighted by Gasteiger charge is -2.30. The molecular formula is C6H11NO3S2. The predicted molar refractivity (Wildman–Crippen MR) is 48.7 cm³/mol. The molecule has 0 aromatic carbocycles. The molecule has 0 bridgehead atoms. The molecule has 1 aliphatic heterocycles. The maximum absolute atomic E-state index is 11.1. The molecule has 0 aromatic heterocycles. The second kappa shape index (κ2) is 3.66. The van der Waals surface area contributed by atoms with Gasteiger partial charge in [-0.3, -0.25) is 4.79 Å². The zero-order valence-electron chi connectivity index (χ0n) is 6.76. The topological polar surface area (TPSA) is 54.5 Å². The van der Waals surface area contributed by atoms with Crippen molar-refractivity contribution in [3.05, 3.63) is 0 Å². The van der Waals surface area contributed by atoms with Crippen molar-refractivity contribution in [1.82, 2.24) is 4.90 Å². The molecule has 0 radical (unpaired) electrons. The van der Waals surface area contributed by atoms with Gasteiger partial charge in [-0.2, -0.15) is 11.8 Å². The normalized spacial score (nSPS) is 25.4. The van der Waals surface area contributed by atoms with Crippen LogP contribution in [0.4, 0.5) is 0 Å². The van der Waals surface area contributed by atoms with Gasteiger partial charge in [0.25, 0.3) is 0 Å². The minimum atomic E-state index is -3.11. The quantitative estimate of drug-likeness (QED) is 0.579. The van der Waals surface area contributed by atoms with Gasteiger partial charge in [-0.15, -0.1) is 0 Å². The van der Waals surface area contributed by atoms with Gasteiger partial charge in [0.2, 0.25) is 6.41 Å². The van der Waals surface area contributed by atoms with Crippen molar-refractivity contribution in [3.8, 4) is 0 Å². The van der Waals surface area contributed by atoms with E-state index >= 15 is 0 Å². The Balaban J connectivity index is 2.79. The standard InChI is InChI=1S/C6H11NO3S2/c1-12(9,10)6-4-11-3-2-7(6)5-8/h5-6H,2-4H2,1H3. The third-order valence-electron chi connectivity index (χ3n) is 1.75. The Morgan fingerprint density at radius 2 is 2.25 bits per heavy atom. The molecule has 12 heavy (non-hydrogen) atoms. The van der Waals surface area contributed by atoms with Crippen molar-refractivity contribution >= 4 is 28.0 Å². The molecule has 0 aliphatic carbocycles. The van der Waals surface area contributed by atoms with Crippen molar-refractivity contribution in [3.63, 3.8) is 0 Å². The summed E-state index contributed by atoms with van der Waals surface area (Å²) in [7, 11) is -3.11. The van der Waals surface area contributed by atoms with Gasteiger partial charge >= 0.3 is 0 Å². The Bertz CT molecular complexity index is 262. The van der Waals surface area contributed by atoms with Gasteiger partial charge in [0, 0.05) is 24.3 Å². The highest BCUT2D eigenvalue weighted by Gasteiger charge is 2.29. The molecular weight excluding hydrogens is 198 g/mol. The van der Waals surface area contributed by atoms with E-state index in [1.165, 1.54) is 11.2 Å². The molecule has 0 spiro atoms. The molecule has 1 fully saturated rings. The molecule has 1 saturated heterocycles. The lowest BCUT2D eigenvalue weighted by Crippen LogP contribution is -2.45. The summed E-state index contributed by atoms with van der Waals surface area (Å²) in [5.74, 6) is 1.32. The SMILES string of the molecule is CS(=O)(=O)C1CSCCN1C=O. The first-order valence-corrected chi connectivity index (χ1v) is 6.64. The molecule has 6 heteroatoms. The van der Waals surface area contributed by atoms with Gasteiger partial charge < -0.3 is 4.90 Å². The summed E-state index contributed by atoms with van der Waals surface area (Å²) in [4.78, 5) is 11.8. The lowest BCUT2D eigenvalue weighted by atomic mass is 10.5. The molecule has 70 valence electrons. The van der Waals surface area contributed by atoms with Gasteiger partial charge in [-0.05, 0) is 0 Å². The van der Waals surface area contributed by atoms with Crippen LogP contribution in [-0.2, 0) is 14.6 Å². The number of sulfone groups is 1. The van der Waals surface area contributed by atoms with E-state index < -0.39 is 15.2 Å². The third-order valence-corrected chi connectivity index (χ3v) is 4.41. The van der Waals surface area contributed by atoms with Gasteiger partial charge in [0.05, 0.1) is 0 Å². The molecule has 1 heterocycles. The minimum absolute atomic E-state index is 0.498. The van der Waals surface area contributed by atoms with E-state index in [1.807, 2.05) is 0 Å². The second-order valence-electron chi connectivity index (χ2n) is 2.70. The highest BCUT2D eigenvalue weighted by atomic mass is 32.2. The molecule has 0 saturated carbocycles. The fourth-order valence-corrected chi connectivity index (χ4v) is 3.91. The molecule has 0 aromatic rings. The smallest absolute Gasteiger partial charge is 0.210 e. The first kappa shape index (κ1) is 9.85. The molecule has 0 N–H and O–H groups in total. The number of hydrogen-bond acceptors (Lipinski definition) is 4. The van der Waals surface area contributed by atoms with Crippen LogP contribution in [-0.4, -0.2) is 49.4 Å². The van der Waals surface area contributed by atoms with Crippen molar-refractivity contribution in [2.75, 3.05) is 24.3 Å². The maximum Gasteiger partial charge on any atom is 0.210 e. The van der Waals surface area contributed by atoms with Crippen LogP contribution in [0, 0.1) is 0 Å². The van der Waals surface area contributed by atoms with E-state index in [1.54, 1.807) is 11.8 Å². The monoisotopic (exact) mass is 209 g/mol. The van der Waals surface area contributed by atoms with Crippen LogP contribution >= 0.6 is 11.8 Å². The van der Waals surface area contributed by atoms with Gasteiger partial charge in [0.1, 0.15) is 5.37 Å².